The van der Waals surface area contributed by atoms with Crippen molar-refractivity contribution in [3.05, 3.63) is 59.4 Å². The van der Waals surface area contributed by atoms with Crippen LogP contribution in [0.4, 0.5) is 0 Å². The molecule has 0 spiro atoms. The number of aryl methyl sites for hydroxylation is 1. The number of aromatic hydroxyl groups is 1. The van der Waals surface area contributed by atoms with Gasteiger partial charge in [0.15, 0.2) is 0 Å². The fraction of sp³-hybridized carbons (Fsp3) is 0.312. The summed E-state index contributed by atoms with van der Waals surface area (Å²) in [5.41, 5.74) is 1.35. The second-order valence-electron chi connectivity index (χ2n) is 5.16. The van der Waals surface area contributed by atoms with Gasteiger partial charge in [-0.1, -0.05) is 30.3 Å². The van der Waals surface area contributed by atoms with Crippen LogP contribution in [0.25, 0.3) is 0 Å². The Hall–Kier alpha value is -1.91. The number of pyridine rings is 1. The SMILES string of the molecule is Cc1ccc(O)c(CNCC(C)(O)c2ccccc2)n1. The lowest BCUT2D eigenvalue weighted by Crippen LogP contribution is -2.35. The van der Waals surface area contributed by atoms with Crippen LogP contribution >= 0.6 is 0 Å². The van der Waals surface area contributed by atoms with Crippen LogP contribution in [0.15, 0.2) is 42.5 Å². The van der Waals surface area contributed by atoms with Gasteiger partial charge in [-0.2, -0.15) is 0 Å². The highest BCUT2D eigenvalue weighted by atomic mass is 16.3. The zero-order chi connectivity index (χ0) is 14.6. The van der Waals surface area contributed by atoms with Crippen molar-refractivity contribution >= 4 is 0 Å². The van der Waals surface area contributed by atoms with Crippen molar-refractivity contribution in [1.29, 1.82) is 0 Å². The number of benzene rings is 1. The van der Waals surface area contributed by atoms with E-state index in [0.717, 1.165) is 11.3 Å². The molecule has 0 aliphatic carbocycles. The molecule has 1 aromatic heterocycles. The Morgan fingerprint density at radius 3 is 2.55 bits per heavy atom. The van der Waals surface area contributed by atoms with E-state index in [2.05, 4.69) is 10.3 Å². The Labute approximate surface area is 119 Å². The normalized spacial score (nSPS) is 13.9. The fourth-order valence-corrected chi connectivity index (χ4v) is 2.06. The Morgan fingerprint density at radius 1 is 1.15 bits per heavy atom. The molecule has 0 saturated carbocycles. The molecule has 1 aromatic carbocycles. The number of aromatic nitrogens is 1. The first-order valence-corrected chi connectivity index (χ1v) is 6.63. The molecule has 0 bridgehead atoms. The average Bonchev–Trinajstić information content (AvgIpc) is 2.43. The lowest BCUT2D eigenvalue weighted by molar-refractivity contribution is 0.0565. The van der Waals surface area contributed by atoms with Gasteiger partial charge >= 0.3 is 0 Å². The van der Waals surface area contributed by atoms with Gasteiger partial charge in [0, 0.05) is 18.8 Å². The predicted octanol–water partition coefficient (Wildman–Crippen LogP) is 2.09. The third-order valence-corrected chi connectivity index (χ3v) is 3.25. The van der Waals surface area contributed by atoms with E-state index in [0.29, 0.717) is 18.8 Å². The van der Waals surface area contributed by atoms with Gasteiger partial charge in [-0.05, 0) is 31.5 Å². The average molecular weight is 272 g/mol. The summed E-state index contributed by atoms with van der Waals surface area (Å²) in [5, 5.41) is 23.3. The number of nitrogens with one attached hydrogen (secondary N) is 1. The minimum atomic E-state index is -0.958. The molecule has 2 rings (SSSR count). The summed E-state index contributed by atoms with van der Waals surface area (Å²) in [5.74, 6) is 0.169. The minimum absolute atomic E-state index is 0.169. The summed E-state index contributed by atoms with van der Waals surface area (Å²) in [6.07, 6.45) is 0. The third-order valence-electron chi connectivity index (χ3n) is 3.25. The lowest BCUT2D eigenvalue weighted by Gasteiger charge is -2.24. The van der Waals surface area contributed by atoms with Crippen LogP contribution in [0.1, 0.15) is 23.9 Å². The van der Waals surface area contributed by atoms with Crippen LogP contribution in [0.3, 0.4) is 0 Å². The lowest BCUT2D eigenvalue weighted by atomic mass is 9.96. The van der Waals surface area contributed by atoms with E-state index in [-0.39, 0.29) is 5.75 Å². The Kier molecular flexibility index (Phi) is 4.37. The highest BCUT2D eigenvalue weighted by Crippen LogP contribution is 2.20. The van der Waals surface area contributed by atoms with E-state index < -0.39 is 5.60 Å². The molecule has 2 aromatic rings. The summed E-state index contributed by atoms with van der Waals surface area (Å²) in [6.45, 7) is 4.44. The molecule has 0 saturated heterocycles. The summed E-state index contributed by atoms with van der Waals surface area (Å²) in [7, 11) is 0. The van der Waals surface area contributed by atoms with Crippen molar-refractivity contribution in [3.8, 4) is 5.75 Å². The molecule has 0 amide bonds. The molecular formula is C16H20N2O2. The first-order valence-electron chi connectivity index (χ1n) is 6.63. The van der Waals surface area contributed by atoms with Crippen LogP contribution in [0.5, 0.6) is 5.75 Å². The molecular weight excluding hydrogens is 252 g/mol. The van der Waals surface area contributed by atoms with Gasteiger partial charge in [0.05, 0.1) is 11.3 Å². The van der Waals surface area contributed by atoms with E-state index >= 15 is 0 Å². The van der Waals surface area contributed by atoms with Crippen molar-refractivity contribution in [2.24, 2.45) is 0 Å². The zero-order valence-corrected chi connectivity index (χ0v) is 11.8. The monoisotopic (exact) mass is 272 g/mol. The quantitative estimate of drug-likeness (QED) is 0.780. The van der Waals surface area contributed by atoms with Gasteiger partial charge < -0.3 is 15.5 Å². The van der Waals surface area contributed by atoms with Crippen LogP contribution < -0.4 is 5.32 Å². The number of hydrogen-bond acceptors (Lipinski definition) is 4. The van der Waals surface area contributed by atoms with Gasteiger partial charge in [-0.25, -0.2) is 0 Å². The molecule has 0 fully saturated rings. The van der Waals surface area contributed by atoms with Crippen molar-refractivity contribution in [1.82, 2.24) is 10.3 Å². The Morgan fingerprint density at radius 2 is 1.85 bits per heavy atom. The minimum Gasteiger partial charge on any atom is -0.506 e. The molecule has 1 heterocycles. The summed E-state index contributed by atoms with van der Waals surface area (Å²) in [4.78, 5) is 4.27. The molecule has 0 aliphatic rings. The van der Waals surface area contributed by atoms with Crippen LogP contribution in [-0.2, 0) is 12.1 Å². The maximum atomic E-state index is 10.4. The highest BCUT2D eigenvalue weighted by Gasteiger charge is 2.22. The number of rotatable bonds is 5. The fourth-order valence-electron chi connectivity index (χ4n) is 2.06. The smallest absolute Gasteiger partial charge is 0.138 e. The van der Waals surface area contributed by atoms with Gasteiger partial charge in [0.25, 0.3) is 0 Å². The van der Waals surface area contributed by atoms with E-state index in [9.17, 15) is 10.2 Å². The van der Waals surface area contributed by atoms with Crippen molar-refractivity contribution in [2.45, 2.75) is 26.0 Å². The molecule has 20 heavy (non-hydrogen) atoms. The second-order valence-corrected chi connectivity index (χ2v) is 5.16. The molecule has 1 atom stereocenters. The third kappa shape index (κ3) is 3.56. The first kappa shape index (κ1) is 14.5. The number of aliphatic hydroxyl groups is 1. The second kappa shape index (κ2) is 6.03. The van der Waals surface area contributed by atoms with E-state index in [4.69, 9.17) is 0 Å². The largest absolute Gasteiger partial charge is 0.506 e. The standard InChI is InChI=1S/C16H20N2O2/c1-12-8-9-15(19)14(18-12)10-17-11-16(2,20)13-6-4-3-5-7-13/h3-9,17,19-20H,10-11H2,1-2H3. The summed E-state index contributed by atoms with van der Waals surface area (Å²) < 4.78 is 0. The molecule has 4 heteroatoms. The van der Waals surface area contributed by atoms with Gasteiger partial charge in [0.2, 0.25) is 0 Å². The van der Waals surface area contributed by atoms with E-state index in [1.807, 2.05) is 37.3 Å². The van der Waals surface area contributed by atoms with Crippen molar-refractivity contribution in [2.75, 3.05) is 6.54 Å². The summed E-state index contributed by atoms with van der Waals surface area (Å²) >= 11 is 0. The van der Waals surface area contributed by atoms with Gasteiger partial charge in [0.1, 0.15) is 5.75 Å². The molecule has 0 radical (unpaired) electrons. The molecule has 4 nitrogen and oxygen atoms in total. The zero-order valence-electron chi connectivity index (χ0n) is 11.8. The Bertz CT molecular complexity index is 568. The van der Waals surface area contributed by atoms with Crippen molar-refractivity contribution in [3.63, 3.8) is 0 Å². The van der Waals surface area contributed by atoms with Gasteiger partial charge in [-0.3, -0.25) is 4.98 Å². The maximum absolute atomic E-state index is 10.4. The molecule has 3 N–H and O–H groups in total. The highest BCUT2D eigenvalue weighted by molar-refractivity contribution is 5.27. The first-order chi connectivity index (χ1) is 9.49. The Balaban J connectivity index is 1.97. The van der Waals surface area contributed by atoms with Crippen LogP contribution in [0, 0.1) is 6.92 Å². The summed E-state index contributed by atoms with van der Waals surface area (Å²) in [6, 6.07) is 12.9. The number of hydrogen-bond donors (Lipinski definition) is 3. The molecule has 1 unspecified atom stereocenters. The van der Waals surface area contributed by atoms with Crippen LogP contribution in [-0.4, -0.2) is 21.7 Å². The predicted molar refractivity (Wildman–Crippen MR) is 78.4 cm³/mol. The maximum Gasteiger partial charge on any atom is 0.138 e. The van der Waals surface area contributed by atoms with Gasteiger partial charge in [-0.15, -0.1) is 0 Å². The molecule has 0 aliphatic heterocycles. The van der Waals surface area contributed by atoms with E-state index in [1.165, 1.54) is 0 Å². The van der Waals surface area contributed by atoms with E-state index in [1.54, 1.807) is 19.1 Å². The topological polar surface area (TPSA) is 65.4 Å². The van der Waals surface area contributed by atoms with Crippen LogP contribution in [0.2, 0.25) is 0 Å². The van der Waals surface area contributed by atoms with Crippen molar-refractivity contribution < 1.29 is 10.2 Å². The molecule has 106 valence electrons. The number of nitrogens with zero attached hydrogens (tertiary/aromatic N) is 1.